The lowest BCUT2D eigenvalue weighted by Crippen LogP contribution is -2.38. The van der Waals surface area contributed by atoms with Crippen LogP contribution >= 0.6 is 0 Å². The first kappa shape index (κ1) is 14.4. The molecular formula is C11H22N2O3S. The third-order valence-electron chi connectivity index (χ3n) is 2.96. The molecule has 17 heavy (non-hydrogen) atoms. The van der Waals surface area contributed by atoms with Gasteiger partial charge in [-0.1, -0.05) is 19.8 Å². The number of nitrogens with zero attached hydrogens (tertiary/aromatic N) is 1. The molecule has 0 aliphatic carbocycles. The molecule has 0 aromatic rings. The topological polar surface area (TPSA) is 66.5 Å². The van der Waals surface area contributed by atoms with E-state index in [1.165, 1.54) is 0 Å². The molecule has 1 aliphatic rings. The Morgan fingerprint density at radius 2 is 1.76 bits per heavy atom. The second-order valence-electron chi connectivity index (χ2n) is 4.33. The van der Waals surface area contributed by atoms with Gasteiger partial charge in [0.2, 0.25) is 15.9 Å². The van der Waals surface area contributed by atoms with Gasteiger partial charge in [0, 0.05) is 26.1 Å². The minimum Gasteiger partial charge on any atom is -0.355 e. The second-order valence-corrected chi connectivity index (χ2v) is 6.42. The molecule has 1 amide bonds. The molecule has 1 fully saturated rings. The molecular weight excluding hydrogens is 240 g/mol. The van der Waals surface area contributed by atoms with E-state index in [0.717, 1.165) is 25.7 Å². The molecule has 0 saturated carbocycles. The third kappa shape index (κ3) is 5.04. The fourth-order valence-electron chi connectivity index (χ4n) is 1.89. The summed E-state index contributed by atoms with van der Waals surface area (Å²) in [6.07, 6.45) is 4.50. The van der Waals surface area contributed by atoms with Gasteiger partial charge in [-0.3, -0.25) is 4.79 Å². The highest BCUT2D eigenvalue weighted by Crippen LogP contribution is 2.13. The van der Waals surface area contributed by atoms with Gasteiger partial charge < -0.3 is 5.32 Å². The molecule has 100 valence electrons. The van der Waals surface area contributed by atoms with Crippen molar-refractivity contribution in [2.75, 3.05) is 25.4 Å². The summed E-state index contributed by atoms with van der Waals surface area (Å²) < 4.78 is 25.5. The quantitative estimate of drug-likeness (QED) is 0.794. The summed E-state index contributed by atoms with van der Waals surface area (Å²) in [7, 11) is -3.19. The number of nitrogens with one attached hydrogen (secondary N) is 1. The van der Waals surface area contributed by atoms with Gasteiger partial charge in [0.25, 0.3) is 0 Å². The highest BCUT2D eigenvalue weighted by molar-refractivity contribution is 7.89. The normalized spacial score (nSPS) is 18.6. The van der Waals surface area contributed by atoms with Crippen LogP contribution in [0.25, 0.3) is 0 Å². The molecule has 0 unspecified atom stereocenters. The van der Waals surface area contributed by atoms with Crippen molar-refractivity contribution in [3.63, 3.8) is 0 Å². The van der Waals surface area contributed by atoms with Gasteiger partial charge in [-0.2, -0.15) is 0 Å². The summed E-state index contributed by atoms with van der Waals surface area (Å²) in [6, 6.07) is 0. The standard InChI is InChI=1S/C11H22N2O3S/c1-2-11(14)12-7-10-17(15,16)13-8-5-3-4-6-9-13/h2-10H2,1H3,(H,12,14). The predicted molar refractivity (Wildman–Crippen MR) is 67.1 cm³/mol. The fourth-order valence-corrected chi connectivity index (χ4v) is 3.33. The number of amides is 1. The van der Waals surface area contributed by atoms with Crippen LogP contribution in [0.2, 0.25) is 0 Å². The summed E-state index contributed by atoms with van der Waals surface area (Å²) in [6.45, 7) is 3.22. The van der Waals surface area contributed by atoms with E-state index in [1.54, 1.807) is 11.2 Å². The van der Waals surface area contributed by atoms with Gasteiger partial charge in [-0.05, 0) is 12.8 Å². The first-order valence-electron chi connectivity index (χ1n) is 6.31. The van der Waals surface area contributed by atoms with Crippen LogP contribution in [0, 0.1) is 0 Å². The van der Waals surface area contributed by atoms with E-state index in [1.807, 2.05) is 0 Å². The van der Waals surface area contributed by atoms with Crippen LogP contribution in [0.15, 0.2) is 0 Å². The summed E-state index contributed by atoms with van der Waals surface area (Å²) in [5.41, 5.74) is 0. The zero-order chi connectivity index (χ0) is 12.7. The van der Waals surface area contributed by atoms with Crippen molar-refractivity contribution in [1.82, 2.24) is 9.62 Å². The molecule has 1 aliphatic heterocycles. The van der Waals surface area contributed by atoms with Gasteiger partial charge in [-0.15, -0.1) is 0 Å². The van der Waals surface area contributed by atoms with Crippen molar-refractivity contribution < 1.29 is 13.2 Å². The van der Waals surface area contributed by atoms with E-state index in [-0.39, 0.29) is 18.2 Å². The van der Waals surface area contributed by atoms with Crippen molar-refractivity contribution in [2.24, 2.45) is 0 Å². The van der Waals surface area contributed by atoms with Gasteiger partial charge in [-0.25, -0.2) is 12.7 Å². The molecule has 0 bridgehead atoms. The van der Waals surface area contributed by atoms with Crippen LogP contribution in [0.1, 0.15) is 39.0 Å². The van der Waals surface area contributed by atoms with Crippen molar-refractivity contribution in [3.8, 4) is 0 Å². The van der Waals surface area contributed by atoms with Crippen LogP contribution in [0.3, 0.4) is 0 Å². The van der Waals surface area contributed by atoms with E-state index in [0.29, 0.717) is 19.5 Å². The summed E-state index contributed by atoms with van der Waals surface area (Å²) in [4.78, 5) is 11.0. The second kappa shape index (κ2) is 6.96. The number of sulfonamides is 1. The number of hydrogen-bond donors (Lipinski definition) is 1. The maximum atomic E-state index is 12.0. The Balaban J connectivity index is 2.41. The van der Waals surface area contributed by atoms with Crippen molar-refractivity contribution in [2.45, 2.75) is 39.0 Å². The lowest BCUT2D eigenvalue weighted by Gasteiger charge is -2.19. The number of hydrogen-bond acceptors (Lipinski definition) is 3. The molecule has 1 rings (SSSR count). The van der Waals surface area contributed by atoms with E-state index < -0.39 is 10.0 Å². The highest BCUT2D eigenvalue weighted by atomic mass is 32.2. The van der Waals surface area contributed by atoms with Gasteiger partial charge in [0.05, 0.1) is 5.75 Å². The molecule has 0 spiro atoms. The Bertz CT molecular complexity index is 333. The van der Waals surface area contributed by atoms with Crippen LogP contribution < -0.4 is 5.32 Å². The fraction of sp³-hybridized carbons (Fsp3) is 0.909. The smallest absolute Gasteiger partial charge is 0.219 e. The lowest BCUT2D eigenvalue weighted by atomic mass is 10.2. The molecule has 1 N–H and O–H groups in total. The van der Waals surface area contributed by atoms with Crippen LogP contribution in [-0.2, 0) is 14.8 Å². The molecule has 1 saturated heterocycles. The zero-order valence-corrected chi connectivity index (χ0v) is 11.3. The van der Waals surface area contributed by atoms with Crippen molar-refractivity contribution >= 4 is 15.9 Å². The Morgan fingerprint density at radius 3 is 2.29 bits per heavy atom. The maximum absolute atomic E-state index is 12.0. The Morgan fingerprint density at radius 1 is 1.18 bits per heavy atom. The predicted octanol–water partition coefficient (Wildman–Crippen LogP) is 0.718. The molecule has 5 nitrogen and oxygen atoms in total. The zero-order valence-electron chi connectivity index (χ0n) is 10.4. The van der Waals surface area contributed by atoms with Gasteiger partial charge >= 0.3 is 0 Å². The first-order valence-corrected chi connectivity index (χ1v) is 7.91. The van der Waals surface area contributed by atoms with Gasteiger partial charge in [0.15, 0.2) is 0 Å². The Hall–Kier alpha value is -0.620. The third-order valence-corrected chi connectivity index (χ3v) is 4.83. The molecule has 0 aromatic carbocycles. The minimum atomic E-state index is -3.19. The van der Waals surface area contributed by atoms with Crippen LogP contribution in [-0.4, -0.2) is 44.0 Å². The molecule has 6 heteroatoms. The Kier molecular flexibility index (Phi) is 5.91. The minimum absolute atomic E-state index is 0.0126. The first-order chi connectivity index (χ1) is 8.06. The van der Waals surface area contributed by atoms with E-state index >= 15 is 0 Å². The maximum Gasteiger partial charge on any atom is 0.219 e. The van der Waals surface area contributed by atoms with Crippen molar-refractivity contribution in [3.05, 3.63) is 0 Å². The summed E-state index contributed by atoms with van der Waals surface area (Å²) in [5.74, 6) is -0.0882. The molecule has 0 radical (unpaired) electrons. The summed E-state index contributed by atoms with van der Waals surface area (Å²) in [5, 5.41) is 2.60. The van der Waals surface area contributed by atoms with E-state index in [4.69, 9.17) is 0 Å². The molecule has 0 atom stereocenters. The largest absolute Gasteiger partial charge is 0.355 e. The number of carbonyl (C=O) groups excluding carboxylic acids is 1. The number of carbonyl (C=O) groups is 1. The van der Waals surface area contributed by atoms with Crippen LogP contribution in [0.5, 0.6) is 0 Å². The average Bonchev–Trinajstić information content (AvgIpc) is 2.57. The van der Waals surface area contributed by atoms with Crippen LogP contribution in [0.4, 0.5) is 0 Å². The highest BCUT2D eigenvalue weighted by Gasteiger charge is 2.22. The number of rotatable bonds is 5. The lowest BCUT2D eigenvalue weighted by molar-refractivity contribution is -0.120. The Labute approximate surface area is 104 Å². The summed E-state index contributed by atoms with van der Waals surface area (Å²) >= 11 is 0. The van der Waals surface area contributed by atoms with E-state index in [2.05, 4.69) is 5.32 Å². The molecule has 1 heterocycles. The monoisotopic (exact) mass is 262 g/mol. The van der Waals surface area contributed by atoms with E-state index in [9.17, 15) is 13.2 Å². The SMILES string of the molecule is CCC(=O)NCCS(=O)(=O)N1CCCCCC1. The van der Waals surface area contributed by atoms with Gasteiger partial charge in [0.1, 0.15) is 0 Å². The van der Waals surface area contributed by atoms with Crippen molar-refractivity contribution in [1.29, 1.82) is 0 Å². The molecule has 0 aromatic heterocycles. The average molecular weight is 262 g/mol.